The van der Waals surface area contributed by atoms with E-state index in [9.17, 15) is 9.90 Å². The summed E-state index contributed by atoms with van der Waals surface area (Å²) < 4.78 is 0. The molecule has 1 unspecified atom stereocenters. The predicted molar refractivity (Wildman–Crippen MR) is 92.6 cm³/mol. The molecular formula is C17H26ClN3O2. The molecule has 1 aliphatic heterocycles. The highest BCUT2D eigenvalue weighted by Gasteiger charge is 2.21. The molecule has 6 heteroatoms. The molecule has 1 saturated heterocycles. The summed E-state index contributed by atoms with van der Waals surface area (Å²) in [5, 5.41) is 13.9. The number of piperazine rings is 1. The van der Waals surface area contributed by atoms with Crippen LogP contribution in [0.25, 0.3) is 0 Å². The van der Waals surface area contributed by atoms with Gasteiger partial charge in [-0.25, -0.2) is 0 Å². The summed E-state index contributed by atoms with van der Waals surface area (Å²) in [6.07, 6.45) is -0.511. The Balaban J connectivity index is 1.74. The maximum absolute atomic E-state index is 11.8. The number of hydrogen-bond acceptors (Lipinski definition) is 4. The number of β-amino-alcohol motifs (C(OH)–C–C–N with tert-alkyl or cyclic N) is 1. The van der Waals surface area contributed by atoms with Gasteiger partial charge in [0.15, 0.2) is 0 Å². The van der Waals surface area contributed by atoms with Crippen molar-refractivity contribution in [2.45, 2.75) is 26.0 Å². The monoisotopic (exact) mass is 339 g/mol. The van der Waals surface area contributed by atoms with Gasteiger partial charge < -0.3 is 10.4 Å². The van der Waals surface area contributed by atoms with Gasteiger partial charge in [0.2, 0.25) is 5.91 Å². The van der Waals surface area contributed by atoms with E-state index >= 15 is 0 Å². The van der Waals surface area contributed by atoms with Crippen LogP contribution in [-0.4, -0.2) is 66.1 Å². The standard InChI is InChI=1S/C17H26ClN3O2/c1-13(2)19-17(23)12-21-9-7-20(8-10-21)11-16(22)14-3-5-15(18)6-4-14/h3-6,13,16,22H,7-12H2,1-2H3,(H,19,23). The third-order valence-corrected chi connectivity index (χ3v) is 4.22. The summed E-state index contributed by atoms with van der Waals surface area (Å²) in [6.45, 7) is 8.40. The number of hydrogen-bond donors (Lipinski definition) is 2. The van der Waals surface area contributed by atoms with Crippen LogP contribution in [-0.2, 0) is 4.79 Å². The van der Waals surface area contributed by atoms with Gasteiger partial charge in [-0.3, -0.25) is 14.6 Å². The molecule has 1 aromatic rings. The molecule has 0 bridgehead atoms. The molecule has 1 amide bonds. The summed E-state index contributed by atoms with van der Waals surface area (Å²) in [4.78, 5) is 16.2. The lowest BCUT2D eigenvalue weighted by Gasteiger charge is -2.35. The Labute approximate surface area is 143 Å². The highest BCUT2D eigenvalue weighted by atomic mass is 35.5. The van der Waals surface area contributed by atoms with Crippen LogP contribution >= 0.6 is 11.6 Å². The molecule has 1 aromatic carbocycles. The van der Waals surface area contributed by atoms with E-state index in [0.717, 1.165) is 31.7 Å². The molecule has 1 aliphatic rings. The van der Waals surface area contributed by atoms with E-state index in [1.165, 1.54) is 0 Å². The van der Waals surface area contributed by atoms with Crippen molar-refractivity contribution >= 4 is 17.5 Å². The van der Waals surface area contributed by atoms with Crippen LogP contribution < -0.4 is 5.32 Å². The summed E-state index contributed by atoms with van der Waals surface area (Å²) in [7, 11) is 0. The molecule has 0 spiro atoms. The lowest BCUT2D eigenvalue weighted by Crippen LogP contribution is -2.50. The maximum Gasteiger partial charge on any atom is 0.234 e. The summed E-state index contributed by atoms with van der Waals surface area (Å²) in [5.74, 6) is 0.0784. The predicted octanol–water partition coefficient (Wildman–Crippen LogP) is 1.52. The summed E-state index contributed by atoms with van der Waals surface area (Å²) in [6, 6.07) is 7.49. The molecule has 2 N–H and O–H groups in total. The molecule has 128 valence electrons. The Kier molecular flexibility index (Phi) is 6.84. The highest BCUT2D eigenvalue weighted by molar-refractivity contribution is 6.30. The first-order chi connectivity index (χ1) is 10.9. The van der Waals surface area contributed by atoms with E-state index in [1.54, 1.807) is 12.1 Å². The normalized spacial score (nSPS) is 18.1. The van der Waals surface area contributed by atoms with Crippen molar-refractivity contribution in [3.8, 4) is 0 Å². The minimum absolute atomic E-state index is 0.0784. The number of amides is 1. The lowest BCUT2D eigenvalue weighted by molar-refractivity contribution is -0.123. The van der Waals surface area contributed by atoms with Crippen molar-refractivity contribution in [2.75, 3.05) is 39.3 Å². The Morgan fingerprint density at radius 1 is 1.17 bits per heavy atom. The fourth-order valence-electron chi connectivity index (χ4n) is 2.74. The number of nitrogens with zero attached hydrogens (tertiary/aromatic N) is 2. The van der Waals surface area contributed by atoms with E-state index in [0.29, 0.717) is 18.1 Å². The minimum atomic E-state index is -0.511. The first-order valence-corrected chi connectivity index (χ1v) is 8.49. The van der Waals surface area contributed by atoms with Gasteiger partial charge in [-0.2, -0.15) is 0 Å². The Morgan fingerprint density at radius 3 is 2.30 bits per heavy atom. The fraction of sp³-hybridized carbons (Fsp3) is 0.588. The number of aliphatic hydroxyl groups excluding tert-OH is 1. The van der Waals surface area contributed by atoms with Gasteiger partial charge in [-0.1, -0.05) is 23.7 Å². The van der Waals surface area contributed by atoms with Crippen molar-refractivity contribution in [1.29, 1.82) is 0 Å². The number of carbonyl (C=O) groups is 1. The molecule has 0 saturated carbocycles. The minimum Gasteiger partial charge on any atom is -0.387 e. The zero-order valence-corrected chi connectivity index (χ0v) is 14.6. The van der Waals surface area contributed by atoms with Gasteiger partial charge in [0.1, 0.15) is 0 Å². The van der Waals surface area contributed by atoms with E-state index in [-0.39, 0.29) is 11.9 Å². The molecule has 1 atom stereocenters. The lowest BCUT2D eigenvalue weighted by atomic mass is 10.1. The maximum atomic E-state index is 11.8. The van der Waals surface area contributed by atoms with Crippen molar-refractivity contribution in [3.05, 3.63) is 34.9 Å². The van der Waals surface area contributed by atoms with Crippen LogP contribution in [0.15, 0.2) is 24.3 Å². The Morgan fingerprint density at radius 2 is 1.74 bits per heavy atom. The first-order valence-electron chi connectivity index (χ1n) is 8.11. The topological polar surface area (TPSA) is 55.8 Å². The molecule has 0 aromatic heterocycles. The molecule has 23 heavy (non-hydrogen) atoms. The van der Waals surface area contributed by atoms with Gasteiger partial charge in [0, 0.05) is 43.8 Å². The third kappa shape index (κ3) is 6.11. The first kappa shape index (κ1) is 18.2. The van der Waals surface area contributed by atoms with E-state index in [4.69, 9.17) is 11.6 Å². The zero-order valence-electron chi connectivity index (χ0n) is 13.8. The van der Waals surface area contributed by atoms with Gasteiger partial charge in [-0.15, -0.1) is 0 Å². The highest BCUT2D eigenvalue weighted by Crippen LogP contribution is 2.18. The SMILES string of the molecule is CC(C)NC(=O)CN1CCN(CC(O)c2ccc(Cl)cc2)CC1. The quantitative estimate of drug-likeness (QED) is 0.825. The van der Waals surface area contributed by atoms with Crippen molar-refractivity contribution in [1.82, 2.24) is 15.1 Å². The number of nitrogens with one attached hydrogen (secondary N) is 1. The summed E-state index contributed by atoms with van der Waals surface area (Å²) >= 11 is 5.87. The number of aliphatic hydroxyl groups is 1. The molecule has 5 nitrogen and oxygen atoms in total. The fourth-order valence-corrected chi connectivity index (χ4v) is 2.86. The van der Waals surface area contributed by atoms with Crippen LogP contribution in [0.3, 0.4) is 0 Å². The number of rotatable bonds is 6. The second kappa shape index (κ2) is 8.64. The Hall–Kier alpha value is -1.14. The van der Waals surface area contributed by atoms with Gasteiger partial charge in [-0.05, 0) is 31.5 Å². The van der Waals surface area contributed by atoms with E-state index < -0.39 is 6.10 Å². The second-order valence-corrected chi connectivity index (χ2v) is 6.80. The zero-order chi connectivity index (χ0) is 16.8. The molecule has 1 heterocycles. The molecular weight excluding hydrogens is 314 g/mol. The molecule has 0 aliphatic carbocycles. The molecule has 2 rings (SSSR count). The summed E-state index contributed by atoms with van der Waals surface area (Å²) in [5.41, 5.74) is 0.883. The van der Waals surface area contributed by atoms with Crippen molar-refractivity contribution in [2.24, 2.45) is 0 Å². The van der Waals surface area contributed by atoms with Crippen LogP contribution in [0.1, 0.15) is 25.5 Å². The van der Waals surface area contributed by atoms with Gasteiger partial charge in [0.05, 0.1) is 12.6 Å². The van der Waals surface area contributed by atoms with E-state index in [1.807, 2.05) is 26.0 Å². The second-order valence-electron chi connectivity index (χ2n) is 6.37. The number of benzene rings is 1. The van der Waals surface area contributed by atoms with Crippen LogP contribution in [0.2, 0.25) is 5.02 Å². The van der Waals surface area contributed by atoms with E-state index in [2.05, 4.69) is 15.1 Å². The van der Waals surface area contributed by atoms with Gasteiger partial charge in [0.25, 0.3) is 0 Å². The Bertz CT molecular complexity index is 499. The smallest absolute Gasteiger partial charge is 0.234 e. The van der Waals surface area contributed by atoms with Gasteiger partial charge >= 0.3 is 0 Å². The largest absolute Gasteiger partial charge is 0.387 e. The molecule has 0 radical (unpaired) electrons. The number of halogens is 1. The number of carbonyl (C=O) groups excluding carboxylic acids is 1. The third-order valence-electron chi connectivity index (χ3n) is 3.97. The average molecular weight is 340 g/mol. The van der Waals surface area contributed by atoms with Crippen LogP contribution in [0, 0.1) is 0 Å². The molecule has 1 fully saturated rings. The van der Waals surface area contributed by atoms with Crippen molar-refractivity contribution < 1.29 is 9.90 Å². The average Bonchev–Trinajstić information content (AvgIpc) is 2.49. The van der Waals surface area contributed by atoms with Crippen LogP contribution in [0.5, 0.6) is 0 Å². The van der Waals surface area contributed by atoms with Crippen molar-refractivity contribution in [3.63, 3.8) is 0 Å². The van der Waals surface area contributed by atoms with Crippen LogP contribution in [0.4, 0.5) is 0 Å².